The lowest BCUT2D eigenvalue weighted by atomic mass is 10.0. The zero-order valence-electron chi connectivity index (χ0n) is 13.4. The van der Waals surface area contributed by atoms with Crippen molar-refractivity contribution in [1.82, 2.24) is 10.2 Å². The van der Waals surface area contributed by atoms with Gasteiger partial charge in [0.05, 0.1) is 0 Å². The topological polar surface area (TPSA) is 61.4 Å². The van der Waals surface area contributed by atoms with Crippen molar-refractivity contribution >= 4 is 17.6 Å². The number of hydrogen-bond acceptors (Lipinski definition) is 2. The van der Waals surface area contributed by atoms with E-state index in [1.807, 2.05) is 0 Å². The number of rotatable bonds is 3. The second kappa shape index (κ2) is 7.55. The van der Waals surface area contributed by atoms with Gasteiger partial charge in [-0.2, -0.15) is 13.2 Å². The highest BCUT2D eigenvalue weighted by molar-refractivity contribution is 5.98. The third kappa shape index (κ3) is 5.14. The minimum Gasteiger partial charge on any atom is -0.339 e. The molecule has 3 amide bonds. The van der Waals surface area contributed by atoms with Crippen LogP contribution in [-0.4, -0.2) is 42.6 Å². The van der Waals surface area contributed by atoms with E-state index in [9.17, 15) is 22.8 Å². The fourth-order valence-corrected chi connectivity index (χ4v) is 2.55. The highest BCUT2D eigenvalue weighted by Crippen LogP contribution is 2.20. The number of halogens is 3. The maximum atomic E-state index is 12.6. The van der Waals surface area contributed by atoms with Gasteiger partial charge in [0.15, 0.2) is 0 Å². The molecule has 1 aliphatic heterocycles. The number of benzene rings is 1. The van der Waals surface area contributed by atoms with Gasteiger partial charge in [-0.1, -0.05) is 6.07 Å². The maximum Gasteiger partial charge on any atom is 0.405 e. The quantitative estimate of drug-likeness (QED) is 0.885. The van der Waals surface area contributed by atoms with E-state index >= 15 is 0 Å². The van der Waals surface area contributed by atoms with Crippen molar-refractivity contribution in [3.63, 3.8) is 0 Å². The molecule has 0 radical (unpaired) electrons. The summed E-state index contributed by atoms with van der Waals surface area (Å²) in [6.07, 6.45) is -1.45. The van der Waals surface area contributed by atoms with Crippen LogP contribution in [0.1, 0.15) is 35.2 Å². The molecule has 1 saturated heterocycles. The summed E-state index contributed by atoms with van der Waals surface area (Å²) in [5.41, 5.74) is 1.48. The Morgan fingerprint density at radius 3 is 2.46 bits per heavy atom. The average Bonchev–Trinajstić information content (AvgIpc) is 2.54. The molecule has 1 aliphatic rings. The van der Waals surface area contributed by atoms with E-state index in [0.717, 1.165) is 24.8 Å². The molecule has 24 heavy (non-hydrogen) atoms. The third-order valence-corrected chi connectivity index (χ3v) is 3.82. The Bertz CT molecular complexity index is 611. The van der Waals surface area contributed by atoms with E-state index < -0.39 is 18.8 Å². The van der Waals surface area contributed by atoms with Crippen LogP contribution in [0.4, 0.5) is 23.7 Å². The summed E-state index contributed by atoms with van der Waals surface area (Å²) >= 11 is 0. The summed E-state index contributed by atoms with van der Waals surface area (Å²) in [7, 11) is 0. The second-order valence-corrected chi connectivity index (χ2v) is 5.81. The first-order valence-corrected chi connectivity index (χ1v) is 7.78. The van der Waals surface area contributed by atoms with Crippen molar-refractivity contribution in [2.24, 2.45) is 0 Å². The zero-order valence-corrected chi connectivity index (χ0v) is 13.4. The van der Waals surface area contributed by atoms with Gasteiger partial charge in [-0.3, -0.25) is 4.79 Å². The molecule has 2 N–H and O–H groups in total. The summed E-state index contributed by atoms with van der Waals surface area (Å²) in [4.78, 5) is 25.8. The first-order valence-electron chi connectivity index (χ1n) is 7.78. The zero-order chi connectivity index (χ0) is 17.7. The van der Waals surface area contributed by atoms with Gasteiger partial charge in [-0.25, -0.2) is 4.79 Å². The van der Waals surface area contributed by atoms with Crippen LogP contribution in [0, 0.1) is 6.92 Å². The van der Waals surface area contributed by atoms with Crippen molar-refractivity contribution in [2.75, 3.05) is 25.0 Å². The van der Waals surface area contributed by atoms with Gasteiger partial charge in [0.2, 0.25) is 0 Å². The van der Waals surface area contributed by atoms with Crippen LogP contribution in [0.2, 0.25) is 0 Å². The molecule has 0 saturated carbocycles. The van der Waals surface area contributed by atoms with E-state index in [1.54, 1.807) is 29.3 Å². The molecule has 1 aromatic carbocycles. The Hall–Kier alpha value is -2.25. The molecule has 132 valence electrons. The molecule has 0 bridgehead atoms. The highest BCUT2D eigenvalue weighted by atomic mass is 19.4. The van der Waals surface area contributed by atoms with Gasteiger partial charge in [0.1, 0.15) is 6.54 Å². The second-order valence-electron chi connectivity index (χ2n) is 5.81. The summed E-state index contributed by atoms with van der Waals surface area (Å²) in [5.74, 6) is -0.119. The maximum absolute atomic E-state index is 12.6. The van der Waals surface area contributed by atoms with Crippen LogP contribution < -0.4 is 10.6 Å². The van der Waals surface area contributed by atoms with Crippen LogP contribution in [0.25, 0.3) is 0 Å². The number of piperidine rings is 1. The Labute approximate surface area is 138 Å². The summed E-state index contributed by atoms with van der Waals surface area (Å²) in [6.45, 7) is 1.76. The number of carbonyl (C=O) groups excluding carboxylic acids is 2. The lowest BCUT2D eigenvalue weighted by molar-refractivity contribution is -0.122. The summed E-state index contributed by atoms with van der Waals surface area (Å²) < 4.78 is 36.3. The lowest BCUT2D eigenvalue weighted by Crippen LogP contribution is -2.37. The van der Waals surface area contributed by atoms with Crippen LogP contribution in [0.5, 0.6) is 0 Å². The molecule has 0 aromatic heterocycles. The lowest BCUT2D eigenvalue weighted by Gasteiger charge is -2.27. The Balaban J connectivity index is 2.05. The predicted molar refractivity (Wildman–Crippen MR) is 84.0 cm³/mol. The Kier molecular flexibility index (Phi) is 5.69. The molecule has 2 rings (SSSR count). The van der Waals surface area contributed by atoms with E-state index in [-0.39, 0.29) is 11.6 Å². The SMILES string of the molecule is Cc1ccc(NC(=O)NCC(F)(F)F)cc1C(=O)N1CCCCC1. The van der Waals surface area contributed by atoms with Crippen LogP contribution >= 0.6 is 0 Å². The van der Waals surface area contributed by atoms with Crippen LogP contribution in [0.15, 0.2) is 18.2 Å². The normalized spacial score (nSPS) is 15.1. The average molecular weight is 343 g/mol. The number of urea groups is 1. The van der Waals surface area contributed by atoms with Crippen molar-refractivity contribution < 1.29 is 22.8 Å². The van der Waals surface area contributed by atoms with Crippen LogP contribution in [0.3, 0.4) is 0 Å². The molecule has 1 fully saturated rings. The largest absolute Gasteiger partial charge is 0.405 e. The van der Waals surface area contributed by atoms with Crippen molar-refractivity contribution in [2.45, 2.75) is 32.4 Å². The summed E-state index contributed by atoms with van der Waals surface area (Å²) in [5, 5.41) is 4.05. The number of carbonyl (C=O) groups is 2. The monoisotopic (exact) mass is 343 g/mol. The summed E-state index contributed by atoms with van der Waals surface area (Å²) in [6, 6.07) is 3.75. The van der Waals surface area contributed by atoms with Crippen LogP contribution in [-0.2, 0) is 0 Å². The predicted octanol–water partition coefficient (Wildman–Crippen LogP) is 3.30. The van der Waals surface area contributed by atoms with Gasteiger partial charge in [0.25, 0.3) is 5.91 Å². The number of nitrogens with one attached hydrogen (secondary N) is 2. The van der Waals surface area contributed by atoms with E-state index in [2.05, 4.69) is 5.32 Å². The molecule has 1 heterocycles. The fourth-order valence-electron chi connectivity index (χ4n) is 2.55. The number of hydrogen-bond donors (Lipinski definition) is 2. The highest BCUT2D eigenvalue weighted by Gasteiger charge is 2.27. The van der Waals surface area contributed by atoms with Gasteiger partial charge >= 0.3 is 12.2 Å². The smallest absolute Gasteiger partial charge is 0.339 e. The number of aryl methyl sites for hydroxylation is 1. The minimum absolute atomic E-state index is 0.119. The van der Waals surface area contributed by atoms with Crippen molar-refractivity contribution in [1.29, 1.82) is 0 Å². The molecular formula is C16H20F3N3O2. The molecule has 1 aromatic rings. The molecule has 0 atom stereocenters. The molecule has 0 spiro atoms. The van der Waals surface area contributed by atoms with E-state index in [1.165, 1.54) is 6.07 Å². The number of likely N-dealkylation sites (tertiary alicyclic amines) is 1. The first-order chi connectivity index (χ1) is 11.3. The minimum atomic E-state index is -4.47. The van der Waals surface area contributed by atoms with Gasteiger partial charge in [-0.15, -0.1) is 0 Å². The molecular weight excluding hydrogens is 323 g/mol. The first kappa shape index (κ1) is 18.1. The van der Waals surface area contributed by atoms with E-state index in [4.69, 9.17) is 0 Å². The molecule has 0 aliphatic carbocycles. The number of nitrogens with zero attached hydrogens (tertiary/aromatic N) is 1. The van der Waals surface area contributed by atoms with Gasteiger partial charge in [0, 0.05) is 24.3 Å². The van der Waals surface area contributed by atoms with Crippen molar-refractivity contribution in [3.8, 4) is 0 Å². The molecule has 5 nitrogen and oxygen atoms in total. The Morgan fingerprint density at radius 2 is 1.83 bits per heavy atom. The number of anilines is 1. The van der Waals surface area contributed by atoms with Gasteiger partial charge in [-0.05, 0) is 43.9 Å². The van der Waals surface area contributed by atoms with E-state index in [0.29, 0.717) is 18.7 Å². The number of amides is 3. The molecule has 8 heteroatoms. The molecule has 0 unspecified atom stereocenters. The third-order valence-electron chi connectivity index (χ3n) is 3.82. The van der Waals surface area contributed by atoms with Gasteiger partial charge < -0.3 is 15.5 Å². The van der Waals surface area contributed by atoms with Crippen molar-refractivity contribution in [3.05, 3.63) is 29.3 Å². The number of alkyl halides is 3. The Morgan fingerprint density at radius 1 is 1.17 bits per heavy atom. The fraction of sp³-hybridized carbons (Fsp3) is 0.500. The standard InChI is InChI=1S/C16H20F3N3O2/c1-11-5-6-12(21-15(24)20-10-16(17,18)19)9-13(11)14(23)22-7-3-2-4-8-22/h5-6,9H,2-4,7-8,10H2,1H3,(H2,20,21,24).